The van der Waals surface area contributed by atoms with Crippen molar-refractivity contribution in [3.8, 4) is 10.6 Å². The van der Waals surface area contributed by atoms with E-state index in [9.17, 15) is 8.42 Å². The maximum atomic E-state index is 13.0. The molecule has 3 heterocycles. The van der Waals surface area contributed by atoms with E-state index in [0.29, 0.717) is 18.7 Å². The molecular weight excluding hydrogens is 392 g/mol. The highest BCUT2D eigenvalue weighted by Crippen LogP contribution is 2.30. The summed E-state index contributed by atoms with van der Waals surface area (Å²) in [7, 11) is -3.67. The van der Waals surface area contributed by atoms with Gasteiger partial charge in [-0.25, -0.2) is 13.1 Å². The van der Waals surface area contributed by atoms with Crippen molar-refractivity contribution in [2.45, 2.75) is 31.2 Å². The number of aromatic nitrogens is 3. The summed E-state index contributed by atoms with van der Waals surface area (Å²) >= 11 is 1.48. The van der Waals surface area contributed by atoms with Gasteiger partial charge in [0.15, 0.2) is 0 Å². The maximum Gasteiger partial charge on any atom is 0.244 e. The Morgan fingerprint density at radius 3 is 2.79 bits per heavy atom. The Labute approximate surface area is 168 Å². The molecular formula is C20H22N4O2S2. The summed E-state index contributed by atoms with van der Waals surface area (Å²) in [5.74, 6) is 0. The van der Waals surface area contributed by atoms with Gasteiger partial charge in [0, 0.05) is 35.9 Å². The normalized spacial score (nSPS) is 12.2. The second-order valence-corrected chi connectivity index (χ2v) is 9.58. The van der Waals surface area contributed by atoms with E-state index in [4.69, 9.17) is 0 Å². The van der Waals surface area contributed by atoms with Gasteiger partial charge in [0.05, 0.1) is 4.88 Å². The van der Waals surface area contributed by atoms with E-state index in [1.165, 1.54) is 11.3 Å². The lowest BCUT2D eigenvalue weighted by Crippen LogP contribution is -2.26. The molecule has 1 aromatic carbocycles. The number of rotatable bonds is 7. The number of hydrogen-bond donors (Lipinski definition) is 2. The number of hydrogen-bond acceptors (Lipinski definition) is 4. The average molecular weight is 415 g/mol. The van der Waals surface area contributed by atoms with Crippen molar-refractivity contribution in [2.24, 2.45) is 0 Å². The molecule has 0 aliphatic heterocycles. The zero-order chi connectivity index (χ0) is 19.7. The van der Waals surface area contributed by atoms with E-state index >= 15 is 0 Å². The van der Waals surface area contributed by atoms with Gasteiger partial charge < -0.3 is 4.98 Å². The van der Waals surface area contributed by atoms with Gasteiger partial charge in [-0.3, -0.25) is 4.68 Å². The van der Waals surface area contributed by atoms with Crippen LogP contribution in [0.25, 0.3) is 21.5 Å². The lowest BCUT2D eigenvalue weighted by molar-refractivity contribution is 0.532. The third-order valence-electron chi connectivity index (χ3n) is 4.63. The van der Waals surface area contributed by atoms with Gasteiger partial charge in [0.25, 0.3) is 0 Å². The van der Waals surface area contributed by atoms with Gasteiger partial charge in [0.2, 0.25) is 10.0 Å². The highest BCUT2D eigenvalue weighted by Gasteiger charge is 2.24. The summed E-state index contributed by atoms with van der Waals surface area (Å²) in [4.78, 5) is 4.29. The average Bonchev–Trinajstić information content (AvgIpc) is 3.41. The number of nitrogens with one attached hydrogen (secondary N) is 2. The third kappa shape index (κ3) is 3.63. The van der Waals surface area contributed by atoms with Crippen molar-refractivity contribution in [2.75, 3.05) is 6.54 Å². The topological polar surface area (TPSA) is 79.8 Å². The second kappa shape index (κ2) is 7.54. The highest BCUT2D eigenvalue weighted by molar-refractivity contribution is 7.89. The largest absolute Gasteiger partial charge is 0.361 e. The van der Waals surface area contributed by atoms with Crippen molar-refractivity contribution >= 4 is 32.3 Å². The summed E-state index contributed by atoms with van der Waals surface area (Å²) in [5.41, 5.74) is 2.65. The van der Waals surface area contributed by atoms with Crippen LogP contribution in [0, 0.1) is 0 Å². The van der Waals surface area contributed by atoms with E-state index in [-0.39, 0.29) is 10.9 Å². The van der Waals surface area contributed by atoms with E-state index in [1.54, 1.807) is 10.9 Å². The molecule has 0 saturated heterocycles. The molecule has 0 bridgehead atoms. The zero-order valence-electron chi connectivity index (χ0n) is 15.7. The minimum atomic E-state index is -3.67. The van der Waals surface area contributed by atoms with Gasteiger partial charge in [-0.1, -0.05) is 24.3 Å². The molecule has 0 atom stereocenters. The first-order valence-electron chi connectivity index (χ1n) is 9.13. The highest BCUT2D eigenvalue weighted by atomic mass is 32.2. The van der Waals surface area contributed by atoms with E-state index in [0.717, 1.165) is 21.3 Å². The monoisotopic (exact) mass is 414 g/mol. The van der Waals surface area contributed by atoms with Gasteiger partial charge in [-0.15, -0.1) is 11.3 Å². The first-order chi connectivity index (χ1) is 13.5. The first-order valence-corrected chi connectivity index (χ1v) is 11.5. The molecule has 0 saturated carbocycles. The van der Waals surface area contributed by atoms with Gasteiger partial charge in [0.1, 0.15) is 10.6 Å². The van der Waals surface area contributed by atoms with E-state index < -0.39 is 10.0 Å². The van der Waals surface area contributed by atoms with Gasteiger partial charge >= 0.3 is 0 Å². The van der Waals surface area contributed by atoms with Gasteiger partial charge in [-0.05, 0) is 43.3 Å². The SMILES string of the molecule is CC(C)n1cc(S(=O)(=O)NCCc2c[nH]c3ccccc23)c(-c2cccs2)n1. The van der Waals surface area contributed by atoms with Crippen LogP contribution in [-0.2, 0) is 16.4 Å². The molecule has 146 valence electrons. The molecule has 2 N–H and O–H groups in total. The smallest absolute Gasteiger partial charge is 0.244 e. The first kappa shape index (κ1) is 18.9. The fourth-order valence-electron chi connectivity index (χ4n) is 3.16. The summed E-state index contributed by atoms with van der Waals surface area (Å²) in [6.45, 7) is 4.28. The van der Waals surface area contributed by atoms with Crippen LogP contribution >= 0.6 is 11.3 Å². The van der Waals surface area contributed by atoms with Crippen LogP contribution in [0.15, 0.2) is 59.1 Å². The van der Waals surface area contributed by atoms with Crippen molar-refractivity contribution in [3.05, 3.63) is 59.7 Å². The molecule has 0 unspecified atom stereocenters. The third-order valence-corrected chi connectivity index (χ3v) is 6.97. The minimum absolute atomic E-state index is 0.0777. The van der Waals surface area contributed by atoms with Crippen LogP contribution in [0.5, 0.6) is 0 Å². The zero-order valence-corrected chi connectivity index (χ0v) is 17.3. The summed E-state index contributed by atoms with van der Waals surface area (Å²) in [5, 5.41) is 7.56. The number of sulfonamides is 1. The Morgan fingerprint density at radius 2 is 2.04 bits per heavy atom. The predicted molar refractivity (Wildman–Crippen MR) is 113 cm³/mol. The van der Waals surface area contributed by atoms with E-state index in [2.05, 4.69) is 14.8 Å². The van der Waals surface area contributed by atoms with Crippen LogP contribution in [0.3, 0.4) is 0 Å². The predicted octanol–water partition coefficient (Wildman–Crippen LogP) is 4.19. The molecule has 0 aliphatic rings. The lowest BCUT2D eigenvalue weighted by atomic mass is 10.1. The molecule has 0 aliphatic carbocycles. The molecule has 0 amide bonds. The number of aromatic amines is 1. The minimum Gasteiger partial charge on any atom is -0.361 e. The van der Waals surface area contributed by atoms with Crippen LogP contribution < -0.4 is 4.72 Å². The van der Waals surface area contributed by atoms with Crippen LogP contribution in [0.4, 0.5) is 0 Å². The second-order valence-electron chi connectivity index (χ2n) is 6.90. The van der Waals surface area contributed by atoms with Crippen molar-refractivity contribution in [1.29, 1.82) is 0 Å². The van der Waals surface area contributed by atoms with Crippen LogP contribution in [0.2, 0.25) is 0 Å². The number of thiophene rings is 1. The molecule has 0 fully saturated rings. The Kier molecular flexibility index (Phi) is 5.09. The Morgan fingerprint density at radius 1 is 1.21 bits per heavy atom. The summed E-state index contributed by atoms with van der Waals surface area (Å²) in [6.07, 6.45) is 4.16. The van der Waals surface area contributed by atoms with Crippen molar-refractivity contribution < 1.29 is 8.42 Å². The molecule has 28 heavy (non-hydrogen) atoms. The fraction of sp³-hybridized carbons (Fsp3) is 0.250. The number of fused-ring (bicyclic) bond motifs is 1. The van der Waals surface area contributed by atoms with Gasteiger partial charge in [-0.2, -0.15) is 5.10 Å². The lowest BCUT2D eigenvalue weighted by Gasteiger charge is -2.06. The van der Waals surface area contributed by atoms with Crippen LogP contribution in [0.1, 0.15) is 25.5 Å². The number of para-hydroxylation sites is 1. The Balaban J connectivity index is 1.56. The van der Waals surface area contributed by atoms with Crippen LogP contribution in [-0.4, -0.2) is 29.7 Å². The number of nitrogens with zero attached hydrogens (tertiary/aromatic N) is 2. The molecule has 8 heteroatoms. The van der Waals surface area contributed by atoms with Crippen molar-refractivity contribution in [3.63, 3.8) is 0 Å². The molecule has 4 aromatic rings. The molecule has 0 spiro atoms. The Hall–Kier alpha value is -2.42. The number of H-pyrrole nitrogens is 1. The molecule has 3 aromatic heterocycles. The fourth-order valence-corrected chi connectivity index (χ4v) is 5.12. The number of benzene rings is 1. The Bertz CT molecular complexity index is 1190. The quantitative estimate of drug-likeness (QED) is 0.476. The molecule has 0 radical (unpaired) electrons. The van der Waals surface area contributed by atoms with E-state index in [1.807, 2.05) is 61.8 Å². The molecule has 4 rings (SSSR count). The standard InChI is InChI=1S/C20H22N4O2S2/c1-14(2)24-13-19(20(23-24)18-8-5-11-27-18)28(25,26)22-10-9-15-12-21-17-7-4-3-6-16(15)17/h3-8,11-14,21-22H,9-10H2,1-2H3. The summed E-state index contributed by atoms with van der Waals surface area (Å²) in [6, 6.07) is 11.9. The molecule has 6 nitrogen and oxygen atoms in total. The van der Waals surface area contributed by atoms with Crippen molar-refractivity contribution in [1.82, 2.24) is 19.5 Å². The maximum absolute atomic E-state index is 13.0. The summed E-state index contributed by atoms with van der Waals surface area (Å²) < 4.78 is 30.5.